The maximum atomic E-state index is 12.8. The van der Waals surface area contributed by atoms with Gasteiger partial charge in [-0.3, -0.25) is 9.59 Å². The van der Waals surface area contributed by atoms with Gasteiger partial charge in [0.2, 0.25) is 5.91 Å². The first-order valence-electron chi connectivity index (χ1n) is 9.19. The van der Waals surface area contributed by atoms with E-state index >= 15 is 0 Å². The van der Waals surface area contributed by atoms with Crippen LogP contribution in [-0.2, 0) is 11.3 Å². The summed E-state index contributed by atoms with van der Waals surface area (Å²) in [5.41, 5.74) is 1.56. The Kier molecular flexibility index (Phi) is 5.44. The fourth-order valence-corrected chi connectivity index (χ4v) is 4.11. The summed E-state index contributed by atoms with van der Waals surface area (Å²) < 4.78 is 1.92. The fourth-order valence-electron chi connectivity index (χ4n) is 3.32. The first-order valence-corrected chi connectivity index (χ1v) is 10.2. The number of rotatable bonds is 6. The Hall–Kier alpha value is -3.05. The van der Waals surface area contributed by atoms with Crippen LogP contribution in [0.3, 0.4) is 0 Å². The Bertz CT molecular complexity index is 1130. The Labute approximate surface area is 167 Å². The molecule has 1 amide bonds. The largest absolute Gasteiger partial charge is 0.354 e. The molecule has 0 atom stereocenters. The SMILES string of the molecule is O=C(Cn1c2ccccc2c(=O)c2ccccc21)NCCSc1ccccc1. The number of hydrogen-bond acceptors (Lipinski definition) is 3. The van der Waals surface area contributed by atoms with Crippen LogP contribution in [-0.4, -0.2) is 22.8 Å². The molecule has 0 aliphatic heterocycles. The van der Waals surface area contributed by atoms with Gasteiger partial charge in [-0.05, 0) is 36.4 Å². The highest BCUT2D eigenvalue weighted by Gasteiger charge is 2.12. The van der Waals surface area contributed by atoms with E-state index in [1.54, 1.807) is 11.8 Å². The summed E-state index contributed by atoms with van der Waals surface area (Å²) in [6.07, 6.45) is 0. The summed E-state index contributed by atoms with van der Waals surface area (Å²) in [5.74, 6) is 0.745. The van der Waals surface area contributed by atoms with Gasteiger partial charge in [-0.25, -0.2) is 0 Å². The van der Waals surface area contributed by atoms with Crippen LogP contribution in [0.2, 0.25) is 0 Å². The van der Waals surface area contributed by atoms with Gasteiger partial charge in [-0.15, -0.1) is 11.8 Å². The minimum atomic E-state index is -0.0624. The monoisotopic (exact) mass is 388 g/mol. The summed E-state index contributed by atoms with van der Waals surface area (Å²) in [6.45, 7) is 0.770. The van der Waals surface area contributed by atoms with E-state index in [-0.39, 0.29) is 17.9 Å². The molecule has 3 aromatic carbocycles. The maximum absolute atomic E-state index is 12.8. The van der Waals surface area contributed by atoms with Crippen molar-refractivity contribution < 1.29 is 4.79 Å². The van der Waals surface area contributed by atoms with Gasteiger partial charge >= 0.3 is 0 Å². The number of carbonyl (C=O) groups is 1. The highest BCUT2D eigenvalue weighted by Crippen LogP contribution is 2.19. The molecule has 0 saturated carbocycles. The van der Waals surface area contributed by atoms with E-state index in [4.69, 9.17) is 0 Å². The molecule has 140 valence electrons. The number of carbonyl (C=O) groups excluding carboxylic acids is 1. The van der Waals surface area contributed by atoms with Gasteiger partial charge in [0.15, 0.2) is 5.43 Å². The molecule has 5 heteroatoms. The van der Waals surface area contributed by atoms with Crippen LogP contribution in [0.1, 0.15) is 0 Å². The van der Waals surface area contributed by atoms with Crippen molar-refractivity contribution in [3.63, 3.8) is 0 Å². The highest BCUT2D eigenvalue weighted by atomic mass is 32.2. The molecule has 0 fully saturated rings. The van der Waals surface area contributed by atoms with E-state index in [1.165, 1.54) is 4.90 Å². The van der Waals surface area contributed by atoms with Crippen LogP contribution < -0.4 is 10.7 Å². The minimum absolute atomic E-state index is 0.00196. The van der Waals surface area contributed by atoms with Gasteiger partial charge < -0.3 is 9.88 Å². The van der Waals surface area contributed by atoms with Crippen molar-refractivity contribution in [1.29, 1.82) is 0 Å². The van der Waals surface area contributed by atoms with E-state index in [0.29, 0.717) is 17.3 Å². The topological polar surface area (TPSA) is 51.1 Å². The molecule has 0 spiro atoms. The molecule has 4 aromatic rings. The molecule has 1 N–H and O–H groups in total. The second kappa shape index (κ2) is 8.31. The van der Waals surface area contributed by atoms with Crippen LogP contribution in [0.5, 0.6) is 0 Å². The van der Waals surface area contributed by atoms with Crippen molar-refractivity contribution in [3.05, 3.63) is 89.1 Å². The number of nitrogens with one attached hydrogen (secondary N) is 1. The lowest BCUT2D eigenvalue weighted by atomic mass is 10.1. The number of pyridine rings is 1. The van der Waals surface area contributed by atoms with Gasteiger partial charge in [-0.2, -0.15) is 0 Å². The number of thioether (sulfide) groups is 1. The average molecular weight is 388 g/mol. The molecule has 0 aliphatic carbocycles. The van der Waals surface area contributed by atoms with Gasteiger partial charge in [-0.1, -0.05) is 42.5 Å². The lowest BCUT2D eigenvalue weighted by Gasteiger charge is -2.15. The smallest absolute Gasteiger partial charge is 0.239 e. The zero-order valence-corrected chi connectivity index (χ0v) is 16.1. The van der Waals surface area contributed by atoms with E-state index in [0.717, 1.165) is 16.8 Å². The van der Waals surface area contributed by atoms with Gasteiger partial charge in [0.05, 0.1) is 11.0 Å². The molecule has 4 nitrogen and oxygen atoms in total. The number of hydrogen-bond donors (Lipinski definition) is 1. The lowest BCUT2D eigenvalue weighted by Crippen LogP contribution is -2.30. The van der Waals surface area contributed by atoms with Crippen molar-refractivity contribution in [2.45, 2.75) is 11.4 Å². The first-order chi connectivity index (χ1) is 13.7. The van der Waals surface area contributed by atoms with E-state index in [1.807, 2.05) is 71.3 Å². The fraction of sp³-hybridized carbons (Fsp3) is 0.130. The molecule has 1 heterocycles. The molecule has 1 aromatic heterocycles. The van der Waals surface area contributed by atoms with Gasteiger partial charge in [0.25, 0.3) is 0 Å². The molecule has 0 radical (unpaired) electrons. The molecular formula is C23H20N2O2S. The zero-order valence-electron chi connectivity index (χ0n) is 15.3. The van der Waals surface area contributed by atoms with Crippen LogP contribution >= 0.6 is 11.8 Å². The van der Waals surface area contributed by atoms with E-state index in [9.17, 15) is 9.59 Å². The van der Waals surface area contributed by atoms with Gasteiger partial charge in [0, 0.05) is 28.0 Å². The predicted molar refractivity (Wildman–Crippen MR) is 116 cm³/mol. The minimum Gasteiger partial charge on any atom is -0.354 e. The molecule has 0 unspecified atom stereocenters. The molecule has 0 saturated heterocycles. The number of fused-ring (bicyclic) bond motifs is 2. The second-order valence-electron chi connectivity index (χ2n) is 6.46. The van der Waals surface area contributed by atoms with Crippen molar-refractivity contribution in [1.82, 2.24) is 9.88 Å². The summed E-state index contributed by atoms with van der Waals surface area (Å²) in [4.78, 5) is 26.5. The quantitative estimate of drug-likeness (QED) is 0.308. The van der Waals surface area contributed by atoms with E-state index in [2.05, 4.69) is 17.4 Å². The lowest BCUT2D eigenvalue weighted by molar-refractivity contribution is -0.121. The van der Waals surface area contributed by atoms with E-state index < -0.39 is 0 Å². The summed E-state index contributed by atoms with van der Waals surface area (Å²) in [7, 11) is 0. The van der Waals surface area contributed by atoms with Gasteiger partial charge in [0.1, 0.15) is 6.54 Å². The Morgan fingerprint density at radius 3 is 2.04 bits per heavy atom. The average Bonchev–Trinajstić information content (AvgIpc) is 2.75. The number of nitrogens with zero attached hydrogens (tertiary/aromatic N) is 1. The van der Waals surface area contributed by atoms with Crippen molar-refractivity contribution in [3.8, 4) is 0 Å². The van der Waals surface area contributed by atoms with Crippen LogP contribution in [0, 0.1) is 0 Å². The van der Waals surface area contributed by atoms with Crippen molar-refractivity contribution >= 4 is 39.5 Å². The first kappa shape index (κ1) is 18.3. The number of para-hydroxylation sites is 2. The predicted octanol–water partition coefficient (Wildman–Crippen LogP) is 4.06. The Morgan fingerprint density at radius 1 is 0.821 bits per heavy atom. The third-order valence-electron chi connectivity index (χ3n) is 4.62. The molecule has 4 rings (SSSR count). The number of aromatic nitrogens is 1. The summed E-state index contributed by atoms with van der Waals surface area (Å²) in [6, 6.07) is 25.0. The normalized spacial score (nSPS) is 11.0. The van der Waals surface area contributed by atoms with Crippen molar-refractivity contribution in [2.75, 3.05) is 12.3 Å². The number of benzene rings is 3. The third-order valence-corrected chi connectivity index (χ3v) is 5.63. The standard InChI is InChI=1S/C23H20N2O2S/c26-22(24-14-15-28-17-8-2-1-3-9-17)16-25-20-12-6-4-10-18(20)23(27)19-11-5-7-13-21(19)25/h1-13H,14-16H2,(H,24,26). The molecule has 0 bridgehead atoms. The molecule has 28 heavy (non-hydrogen) atoms. The highest BCUT2D eigenvalue weighted by molar-refractivity contribution is 7.99. The summed E-state index contributed by atoms with van der Waals surface area (Å²) in [5, 5.41) is 4.25. The number of amides is 1. The maximum Gasteiger partial charge on any atom is 0.239 e. The van der Waals surface area contributed by atoms with Crippen LogP contribution in [0.15, 0.2) is 88.6 Å². The third kappa shape index (κ3) is 3.80. The van der Waals surface area contributed by atoms with Crippen LogP contribution in [0.25, 0.3) is 21.8 Å². The Balaban J connectivity index is 1.53. The molecular weight excluding hydrogens is 368 g/mol. The van der Waals surface area contributed by atoms with Crippen molar-refractivity contribution in [2.24, 2.45) is 0 Å². The van der Waals surface area contributed by atoms with Crippen LogP contribution in [0.4, 0.5) is 0 Å². The Morgan fingerprint density at radius 2 is 1.39 bits per heavy atom. The molecule has 0 aliphatic rings. The summed E-state index contributed by atoms with van der Waals surface area (Å²) >= 11 is 1.71. The second-order valence-corrected chi connectivity index (χ2v) is 7.63. The zero-order chi connectivity index (χ0) is 19.3.